The van der Waals surface area contributed by atoms with Gasteiger partial charge in [-0.25, -0.2) is 27.6 Å². The Kier molecular flexibility index (Phi) is 6.73. The molecule has 182 valence electrons. The van der Waals surface area contributed by atoms with Gasteiger partial charge in [0, 0.05) is 4.88 Å². The third kappa shape index (κ3) is 4.96. The largest absolute Gasteiger partial charge is 0.462 e. The van der Waals surface area contributed by atoms with Crippen molar-refractivity contribution < 1.29 is 22.3 Å². The van der Waals surface area contributed by atoms with Gasteiger partial charge in [-0.3, -0.25) is 4.72 Å². The summed E-state index contributed by atoms with van der Waals surface area (Å²) in [7, 11) is -4.13. The fraction of sp³-hybridized carbons (Fsp3) is 0.208. The number of ether oxygens (including phenoxy) is 1. The molecule has 0 fully saturated rings. The lowest BCUT2D eigenvalue weighted by molar-refractivity contribution is 0.0527. The van der Waals surface area contributed by atoms with Gasteiger partial charge >= 0.3 is 5.97 Å². The molecule has 2 heterocycles. The molecule has 4 aromatic rings. The Bertz CT molecular complexity index is 1550. The molecule has 2 N–H and O–H groups in total. The zero-order chi connectivity index (χ0) is 25.3. The third-order valence-corrected chi connectivity index (χ3v) is 7.95. The van der Waals surface area contributed by atoms with Gasteiger partial charge in [-0.1, -0.05) is 12.1 Å². The van der Waals surface area contributed by atoms with Crippen LogP contribution in [0.25, 0.3) is 11.0 Å². The second kappa shape index (κ2) is 9.59. The van der Waals surface area contributed by atoms with Gasteiger partial charge in [0.15, 0.2) is 11.6 Å². The molecule has 0 bridgehead atoms. The molecule has 2 aromatic carbocycles. The molecule has 0 spiro atoms. The Morgan fingerprint density at radius 1 is 1.06 bits per heavy atom. The van der Waals surface area contributed by atoms with Crippen molar-refractivity contribution in [3.8, 4) is 0 Å². The van der Waals surface area contributed by atoms with E-state index < -0.39 is 21.8 Å². The maximum Gasteiger partial charge on any atom is 0.341 e. The Hall–Kier alpha value is -3.57. The van der Waals surface area contributed by atoms with Gasteiger partial charge in [0.25, 0.3) is 10.0 Å². The second-order valence-electron chi connectivity index (χ2n) is 7.76. The van der Waals surface area contributed by atoms with Gasteiger partial charge in [-0.2, -0.15) is 0 Å². The maximum atomic E-state index is 13.6. The Balaban J connectivity index is 1.82. The van der Waals surface area contributed by atoms with Crippen molar-refractivity contribution in [2.45, 2.75) is 32.6 Å². The highest BCUT2D eigenvalue weighted by atomic mass is 32.2. The molecule has 0 saturated carbocycles. The van der Waals surface area contributed by atoms with Crippen LogP contribution in [-0.4, -0.2) is 31.0 Å². The first kappa shape index (κ1) is 24.6. The number of aromatic nitrogens is 2. The number of hydrogen-bond acceptors (Lipinski definition) is 8. The van der Waals surface area contributed by atoms with Crippen LogP contribution in [0, 0.1) is 26.6 Å². The van der Waals surface area contributed by atoms with Crippen LogP contribution >= 0.6 is 11.3 Å². The van der Waals surface area contributed by atoms with E-state index in [1.807, 2.05) is 13.8 Å². The number of carbonyl (C=O) groups excluding carboxylic acids is 1. The number of nitrogens with one attached hydrogen (secondary N) is 2. The topological polar surface area (TPSA) is 110 Å². The van der Waals surface area contributed by atoms with Crippen LogP contribution in [0.3, 0.4) is 0 Å². The average Bonchev–Trinajstić information content (AvgIpc) is 3.06. The molecule has 0 amide bonds. The number of rotatable bonds is 7. The van der Waals surface area contributed by atoms with E-state index in [1.165, 1.54) is 24.3 Å². The summed E-state index contributed by atoms with van der Waals surface area (Å²) in [4.78, 5) is 22.5. The van der Waals surface area contributed by atoms with E-state index in [2.05, 4.69) is 20.0 Å². The minimum absolute atomic E-state index is 0.0639. The van der Waals surface area contributed by atoms with Crippen molar-refractivity contribution in [3.05, 3.63) is 69.8 Å². The predicted octanol–water partition coefficient (Wildman–Crippen LogP) is 5.48. The summed E-state index contributed by atoms with van der Waals surface area (Å²) in [5.41, 5.74) is 2.35. The molecule has 35 heavy (non-hydrogen) atoms. The minimum Gasteiger partial charge on any atom is -0.462 e. The fourth-order valence-electron chi connectivity index (χ4n) is 3.53. The molecular weight excluding hydrogens is 491 g/mol. The summed E-state index contributed by atoms with van der Waals surface area (Å²) in [6, 6.07) is 10.4. The van der Waals surface area contributed by atoms with Crippen LogP contribution in [0.2, 0.25) is 0 Å². The smallest absolute Gasteiger partial charge is 0.341 e. The number of thiophene rings is 1. The van der Waals surface area contributed by atoms with Crippen LogP contribution in [-0.2, 0) is 14.8 Å². The molecule has 0 aliphatic heterocycles. The third-order valence-electron chi connectivity index (χ3n) is 5.32. The number of fused-ring (bicyclic) bond motifs is 1. The van der Waals surface area contributed by atoms with Crippen molar-refractivity contribution in [2.24, 2.45) is 0 Å². The Labute approximate surface area is 206 Å². The van der Waals surface area contributed by atoms with Crippen LogP contribution in [0.15, 0.2) is 47.4 Å². The highest BCUT2D eigenvalue weighted by molar-refractivity contribution is 7.92. The van der Waals surface area contributed by atoms with E-state index in [9.17, 15) is 17.6 Å². The standard InChI is InChI=1S/C24H23FN4O4S2/c1-5-33-24(30)20-14(3)15(4)34-23(20)28-21-22(27-18-9-7-6-8-17(18)26-21)29-35(31,32)19-11-10-16(25)12-13(19)2/h6-12H,5H2,1-4H3,(H,26,28)(H,27,29). The van der Waals surface area contributed by atoms with Gasteiger partial charge < -0.3 is 10.1 Å². The summed E-state index contributed by atoms with van der Waals surface area (Å²) in [6.45, 7) is 7.13. The number of anilines is 3. The molecule has 0 radical (unpaired) electrons. The number of sulfonamides is 1. The van der Waals surface area contributed by atoms with Crippen molar-refractivity contribution in [3.63, 3.8) is 0 Å². The summed E-state index contributed by atoms with van der Waals surface area (Å²) >= 11 is 1.32. The summed E-state index contributed by atoms with van der Waals surface area (Å²) in [5.74, 6) is -0.983. The van der Waals surface area contributed by atoms with Crippen LogP contribution in [0.4, 0.5) is 21.0 Å². The normalized spacial score (nSPS) is 11.5. The number of halogens is 1. The quantitative estimate of drug-likeness (QED) is 0.314. The van der Waals surface area contributed by atoms with E-state index in [0.29, 0.717) is 21.6 Å². The zero-order valence-electron chi connectivity index (χ0n) is 19.5. The van der Waals surface area contributed by atoms with E-state index in [4.69, 9.17) is 4.74 Å². The number of nitrogens with zero attached hydrogens (tertiary/aromatic N) is 2. The summed E-state index contributed by atoms with van der Waals surface area (Å²) in [6.07, 6.45) is 0. The van der Waals surface area contributed by atoms with E-state index >= 15 is 0 Å². The average molecular weight is 515 g/mol. The fourth-order valence-corrected chi connectivity index (χ4v) is 5.81. The molecule has 11 heteroatoms. The molecule has 4 rings (SSSR count). The SMILES string of the molecule is CCOC(=O)c1c(Nc2nc3ccccc3nc2NS(=O)(=O)c2ccc(F)cc2C)sc(C)c1C. The molecule has 0 atom stereocenters. The lowest BCUT2D eigenvalue weighted by Gasteiger charge is -2.15. The lowest BCUT2D eigenvalue weighted by Crippen LogP contribution is -2.17. The molecule has 2 aromatic heterocycles. The van der Waals surface area contributed by atoms with Crippen LogP contribution in [0.5, 0.6) is 0 Å². The van der Waals surface area contributed by atoms with Gasteiger partial charge in [0.2, 0.25) is 0 Å². The molecule has 0 aliphatic rings. The minimum atomic E-state index is -4.13. The molecule has 0 saturated heterocycles. The van der Waals surface area contributed by atoms with E-state index in [0.717, 1.165) is 22.6 Å². The van der Waals surface area contributed by atoms with Gasteiger partial charge in [0.05, 0.1) is 28.1 Å². The van der Waals surface area contributed by atoms with Crippen molar-refractivity contribution in [2.75, 3.05) is 16.6 Å². The number of benzene rings is 2. The van der Waals surface area contributed by atoms with Crippen molar-refractivity contribution in [1.82, 2.24) is 9.97 Å². The first-order valence-electron chi connectivity index (χ1n) is 10.7. The number of hydrogen-bond donors (Lipinski definition) is 2. The molecule has 8 nitrogen and oxygen atoms in total. The molecular formula is C24H23FN4O4S2. The number of carbonyl (C=O) groups is 1. The second-order valence-corrected chi connectivity index (χ2v) is 10.6. The van der Waals surface area contributed by atoms with Gasteiger partial charge in [0.1, 0.15) is 10.8 Å². The summed E-state index contributed by atoms with van der Waals surface area (Å²) in [5, 5.41) is 3.55. The van der Waals surface area contributed by atoms with Crippen LogP contribution < -0.4 is 10.0 Å². The van der Waals surface area contributed by atoms with Crippen molar-refractivity contribution in [1.29, 1.82) is 0 Å². The lowest BCUT2D eigenvalue weighted by atomic mass is 10.1. The zero-order valence-corrected chi connectivity index (χ0v) is 21.1. The maximum absolute atomic E-state index is 13.6. The highest BCUT2D eigenvalue weighted by Gasteiger charge is 2.25. The van der Waals surface area contributed by atoms with E-state index in [1.54, 1.807) is 31.2 Å². The first-order valence-corrected chi connectivity index (χ1v) is 13.0. The van der Waals surface area contributed by atoms with Crippen LogP contribution in [0.1, 0.15) is 33.3 Å². The van der Waals surface area contributed by atoms with Crippen molar-refractivity contribution >= 4 is 55.0 Å². The van der Waals surface area contributed by atoms with Gasteiger partial charge in [-0.05, 0) is 69.2 Å². The Morgan fingerprint density at radius 2 is 1.71 bits per heavy atom. The number of esters is 1. The first-order chi connectivity index (χ1) is 16.6. The molecule has 0 aliphatic carbocycles. The Morgan fingerprint density at radius 3 is 2.34 bits per heavy atom. The highest BCUT2D eigenvalue weighted by Crippen LogP contribution is 2.37. The summed E-state index contributed by atoms with van der Waals surface area (Å²) < 4.78 is 47.6. The predicted molar refractivity (Wildman–Crippen MR) is 135 cm³/mol. The monoisotopic (exact) mass is 514 g/mol. The van der Waals surface area contributed by atoms with E-state index in [-0.39, 0.29) is 28.7 Å². The van der Waals surface area contributed by atoms with Gasteiger partial charge in [-0.15, -0.1) is 11.3 Å². The molecule has 0 unspecified atom stereocenters. The number of para-hydroxylation sites is 2. The number of aryl methyl sites for hydroxylation is 2.